The second-order valence-corrected chi connectivity index (χ2v) is 3.71. The van der Waals surface area contributed by atoms with Crippen LogP contribution in [0.4, 0.5) is 14.5 Å². The standard InChI is InChI=1S/C9H8BrF2NO3/c1-16-6-3-4(10)2-5(14)7(6)13-9(15)8(11)12/h2-3,8,14H,1H3,(H,13,15). The predicted molar refractivity (Wildman–Crippen MR) is 57.0 cm³/mol. The molecule has 0 saturated carbocycles. The van der Waals surface area contributed by atoms with Gasteiger partial charge in [0.05, 0.1) is 7.11 Å². The molecule has 1 rings (SSSR count). The third kappa shape index (κ3) is 2.82. The summed E-state index contributed by atoms with van der Waals surface area (Å²) in [6.45, 7) is 0. The maximum atomic E-state index is 12.0. The summed E-state index contributed by atoms with van der Waals surface area (Å²) in [7, 11) is 1.29. The van der Waals surface area contributed by atoms with E-state index < -0.39 is 12.3 Å². The Labute approximate surface area is 98.3 Å². The van der Waals surface area contributed by atoms with Gasteiger partial charge in [0.1, 0.15) is 17.2 Å². The van der Waals surface area contributed by atoms with Crippen molar-refractivity contribution in [2.45, 2.75) is 6.43 Å². The molecule has 0 aliphatic carbocycles. The van der Waals surface area contributed by atoms with Gasteiger partial charge in [0.25, 0.3) is 5.91 Å². The Morgan fingerprint density at radius 1 is 1.56 bits per heavy atom. The number of benzene rings is 1. The van der Waals surface area contributed by atoms with Gasteiger partial charge in [-0.2, -0.15) is 8.78 Å². The third-order valence-electron chi connectivity index (χ3n) is 1.71. The summed E-state index contributed by atoms with van der Waals surface area (Å²) in [4.78, 5) is 10.8. The number of rotatable bonds is 3. The number of alkyl halides is 2. The average molecular weight is 296 g/mol. The van der Waals surface area contributed by atoms with Gasteiger partial charge >= 0.3 is 6.43 Å². The van der Waals surface area contributed by atoms with E-state index in [0.717, 1.165) is 0 Å². The zero-order valence-corrected chi connectivity index (χ0v) is 9.72. The van der Waals surface area contributed by atoms with Crippen LogP contribution >= 0.6 is 15.9 Å². The zero-order valence-electron chi connectivity index (χ0n) is 8.13. The van der Waals surface area contributed by atoms with Gasteiger partial charge in [-0.3, -0.25) is 4.79 Å². The van der Waals surface area contributed by atoms with Crippen LogP contribution in [-0.2, 0) is 4.79 Å². The molecule has 0 saturated heterocycles. The summed E-state index contributed by atoms with van der Waals surface area (Å²) in [5.41, 5.74) is -0.184. The molecule has 16 heavy (non-hydrogen) atoms. The summed E-state index contributed by atoms with van der Waals surface area (Å²) in [6.07, 6.45) is -3.16. The van der Waals surface area contributed by atoms with Crippen LogP contribution in [0.2, 0.25) is 0 Å². The first-order valence-corrected chi connectivity index (χ1v) is 4.90. The van der Waals surface area contributed by atoms with Crippen molar-refractivity contribution in [3.05, 3.63) is 16.6 Å². The average Bonchev–Trinajstić information content (AvgIpc) is 2.21. The van der Waals surface area contributed by atoms with Crippen molar-refractivity contribution in [1.82, 2.24) is 0 Å². The Hall–Kier alpha value is -1.37. The largest absolute Gasteiger partial charge is 0.506 e. The van der Waals surface area contributed by atoms with Crippen LogP contribution in [0.5, 0.6) is 11.5 Å². The lowest BCUT2D eigenvalue weighted by molar-refractivity contribution is -0.126. The number of aromatic hydroxyl groups is 1. The monoisotopic (exact) mass is 295 g/mol. The molecule has 0 fully saturated rings. The normalized spacial score (nSPS) is 10.3. The topological polar surface area (TPSA) is 58.6 Å². The Morgan fingerprint density at radius 2 is 2.19 bits per heavy atom. The molecule has 0 aliphatic rings. The molecule has 0 spiro atoms. The van der Waals surface area contributed by atoms with Crippen molar-refractivity contribution in [1.29, 1.82) is 0 Å². The number of halogens is 3. The molecule has 0 aromatic heterocycles. The molecule has 1 aromatic carbocycles. The van der Waals surface area contributed by atoms with Crippen LogP contribution in [0.1, 0.15) is 0 Å². The van der Waals surface area contributed by atoms with Crippen molar-refractivity contribution in [3.63, 3.8) is 0 Å². The Morgan fingerprint density at radius 3 is 2.69 bits per heavy atom. The fraction of sp³-hybridized carbons (Fsp3) is 0.222. The fourth-order valence-corrected chi connectivity index (χ4v) is 1.46. The first-order valence-electron chi connectivity index (χ1n) is 4.11. The first kappa shape index (κ1) is 12.7. The van der Waals surface area contributed by atoms with Gasteiger partial charge in [-0.1, -0.05) is 15.9 Å². The van der Waals surface area contributed by atoms with Crippen LogP contribution in [0.3, 0.4) is 0 Å². The summed E-state index contributed by atoms with van der Waals surface area (Å²) in [6, 6.07) is 2.68. The second kappa shape index (κ2) is 5.11. The van der Waals surface area contributed by atoms with Gasteiger partial charge in [-0.25, -0.2) is 0 Å². The molecular weight excluding hydrogens is 288 g/mol. The number of phenols is 1. The summed E-state index contributed by atoms with van der Waals surface area (Å²) < 4.78 is 29.4. The van der Waals surface area contributed by atoms with Gasteiger partial charge in [-0.05, 0) is 12.1 Å². The highest BCUT2D eigenvalue weighted by atomic mass is 79.9. The summed E-state index contributed by atoms with van der Waals surface area (Å²) in [5, 5.41) is 11.3. The van der Waals surface area contributed by atoms with Gasteiger partial charge in [0.15, 0.2) is 0 Å². The Bertz CT molecular complexity index is 412. The van der Waals surface area contributed by atoms with Crippen LogP contribution in [-0.4, -0.2) is 24.5 Å². The summed E-state index contributed by atoms with van der Waals surface area (Å²) >= 11 is 3.08. The number of carbonyl (C=O) groups excluding carboxylic acids is 1. The van der Waals surface area contributed by atoms with E-state index in [-0.39, 0.29) is 17.2 Å². The number of hydrogen-bond acceptors (Lipinski definition) is 3. The lowest BCUT2D eigenvalue weighted by atomic mass is 10.2. The smallest absolute Gasteiger partial charge is 0.315 e. The van der Waals surface area contributed by atoms with Crippen molar-refractivity contribution in [2.24, 2.45) is 0 Å². The molecule has 2 N–H and O–H groups in total. The molecule has 4 nitrogen and oxygen atoms in total. The van der Waals surface area contributed by atoms with Gasteiger partial charge < -0.3 is 15.2 Å². The van der Waals surface area contributed by atoms with Crippen molar-refractivity contribution in [2.75, 3.05) is 12.4 Å². The number of anilines is 1. The number of ether oxygens (including phenoxy) is 1. The molecule has 7 heteroatoms. The van der Waals surface area contributed by atoms with Crippen LogP contribution < -0.4 is 10.1 Å². The molecule has 0 atom stereocenters. The highest BCUT2D eigenvalue weighted by molar-refractivity contribution is 9.10. The molecule has 0 bridgehead atoms. The maximum Gasteiger partial charge on any atom is 0.315 e. The number of amides is 1. The lowest BCUT2D eigenvalue weighted by Gasteiger charge is -2.12. The van der Waals surface area contributed by atoms with Crippen LogP contribution in [0, 0.1) is 0 Å². The van der Waals surface area contributed by atoms with E-state index in [1.54, 1.807) is 0 Å². The zero-order chi connectivity index (χ0) is 12.3. The molecule has 0 heterocycles. The molecule has 1 aromatic rings. The number of carbonyl (C=O) groups is 1. The first-order chi connectivity index (χ1) is 7.45. The predicted octanol–water partition coefficient (Wildman–Crippen LogP) is 2.37. The number of nitrogens with one attached hydrogen (secondary N) is 1. The minimum atomic E-state index is -3.16. The number of hydrogen-bond donors (Lipinski definition) is 2. The van der Waals surface area contributed by atoms with E-state index in [4.69, 9.17) is 4.74 Å². The summed E-state index contributed by atoms with van der Waals surface area (Å²) in [5.74, 6) is -1.78. The minimum Gasteiger partial charge on any atom is -0.506 e. The molecule has 0 radical (unpaired) electrons. The van der Waals surface area contributed by atoms with Crippen LogP contribution in [0.15, 0.2) is 16.6 Å². The van der Waals surface area contributed by atoms with E-state index in [9.17, 15) is 18.7 Å². The molecule has 1 amide bonds. The maximum absolute atomic E-state index is 12.0. The Kier molecular flexibility index (Phi) is 4.05. The van der Waals surface area contributed by atoms with Crippen molar-refractivity contribution >= 4 is 27.5 Å². The van der Waals surface area contributed by atoms with E-state index >= 15 is 0 Å². The van der Waals surface area contributed by atoms with Crippen LogP contribution in [0.25, 0.3) is 0 Å². The number of phenolic OH excluding ortho intramolecular Hbond substituents is 1. The lowest BCUT2D eigenvalue weighted by Crippen LogP contribution is -2.20. The molecule has 0 unspecified atom stereocenters. The SMILES string of the molecule is COc1cc(Br)cc(O)c1NC(=O)C(F)F. The highest BCUT2D eigenvalue weighted by Crippen LogP contribution is 2.37. The molecule has 88 valence electrons. The van der Waals surface area contributed by atoms with Crippen molar-refractivity contribution in [3.8, 4) is 11.5 Å². The van der Waals surface area contributed by atoms with Crippen molar-refractivity contribution < 1.29 is 23.4 Å². The molecular formula is C9H8BrF2NO3. The van der Waals surface area contributed by atoms with Gasteiger partial charge in [-0.15, -0.1) is 0 Å². The van der Waals surface area contributed by atoms with E-state index in [1.165, 1.54) is 19.2 Å². The number of methoxy groups -OCH3 is 1. The quantitative estimate of drug-likeness (QED) is 0.842. The molecule has 0 aliphatic heterocycles. The Balaban J connectivity index is 3.07. The third-order valence-corrected chi connectivity index (χ3v) is 2.17. The second-order valence-electron chi connectivity index (χ2n) is 2.79. The van der Waals surface area contributed by atoms with E-state index in [1.807, 2.05) is 5.32 Å². The van der Waals surface area contributed by atoms with E-state index in [2.05, 4.69) is 15.9 Å². The van der Waals surface area contributed by atoms with E-state index in [0.29, 0.717) is 4.47 Å². The van der Waals surface area contributed by atoms with Gasteiger partial charge in [0.2, 0.25) is 0 Å². The van der Waals surface area contributed by atoms with Gasteiger partial charge in [0, 0.05) is 4.47 Å². The minimum absolute atomic E-state index is 0.0841. The highest BCUT2D eigenvalue weighted by Gasteiger charge is 2.19. The fourth-order valence-electron chi connectivity index (χ4n) is 1.03.